The van der Waals surface area contributed by atoms with Crippen LogP contribution in [0.4, 0.5) is 5.82 Å². The number of carbonyl (C=O) groups is 1. The van der Waals surface area contributed by atoms with Gasteiger partial charge in [-0.3, -0.25) is 4.79 Å². The average Bonchev–Trinajstić information content (AvgIpc) is 2.69. The summed E-state index contributed by atoms with van der Waals surface area (Å²) in [7, 11) is 0. The van der Waals surface area contributed by atoms with Crippen LogP contribution in [0.3, 0.4) is 0 Å². The molecular weight excluding hydrogens is 397 g/mol. The monoisotopic (exact) mass is 431 g/mol. The normalized spacial score (nSPS) is 21.2. The van der Waals surface area contributed by atoms with Crippen molar-refractivity contribution >= 4 is 36.5 Å². The molecule has 2 N–H and O–H groups in total. The van der Waals surface area contributed by atoms with Gasteiger partial charge in [0, 0.05) is 37.3 Å². The van der Waals surface area contributed by atoms with Crippen LogP contribution in [0.15, 0.2) is 12.4 Å². The fraction of sp³-hybridized carbons (Fsp3) is 0.750. The molecule has 0 bridgehead atoms. The molecule has 0 aromatic carbocycles. The molecule has 3 rings (SSSR count). The molecule has 6 nitrogen and oxygen atoms in total. The molecule has 2 saturated heterocycles. The van der Waals surface area contributed by atoms with Gasteiger partial charge in [0.25, 0.3) is 0 Å². The third-order valence-corrected chi connectivity index (χ3v) is 5.90. The maximum Gasteiger partial charge on any atom is 0.220 e. The summed E-state index contributed by atoms with van der Waals surface area (Å²) in [5.74, 6) is 2.33. The Balaban J connectivity index is 0.00000196. The highest BCUT2D eigenvalue weighted by Gasteiger charge is 2.25. The Morgan fingerprint density at radius 2 is 2.04 bits per heavy atom. The van der Waals surface area contributed by atoms with Crippen molar-refractivity contribution < 1.29 is 4.79 Å². The Bertz CT molecular complexity index is 590. The predicted molar refractivity (Wildman–Crippen MR) is 119 cm³/mol. The number of aromatic nitrogens is 2. The summed E-state index contributed by atoms with van der Waals surface area (Å²) < 4.78 is 0. The van der Waals surface area contributed by atoms with Gasteiger partial charge in [0.2, 0.25) is 5.91 Å². The van der Waals surface area contributed by atoms with Crippen LogP contribution in [0.5, 0.6) is 0 Å². The molecule has 0 radical (unpaired) electrons. The van der Waals surface area contributed by atoms with Crippen LogP contribution < -0.4 is 15.5 Å². The van der Waals surface area contributed by atoms with Crippen molar-refractivity contribution in [3.05, 3.63) is 18.1 Å². The summed E-state index contributed by atoms with van der Waals surface area (Å²) in [4.78, 5) is 23.4. The van der Waals surface area contributed by atoms with E-state index in [1.807, 2.05) is 0 Å². The van der Waals surface area contributed by atoms with Crippen LogP contribution >= 0.6 is 24.8 Å². The summed E-state index contributed by atoms with van der Waals surface area (Å²) in [6, 6.07) is 2.38. The molecule has 2 unspecified atom stereocenters. The van der Waals surface area contributed by atoms with Gasteiger partial charge in [0.05, 0.1) is 0 Å². The molecule has 2 aliphatic heterocycles. The number of hydrogen-bond donors (Lipinski definition) is 2. The fourth-order valence-corrected chi connectivity index (χ4v) is 4.12. The van der Waals surface area contributed by atoms with Crippen LogP contribution in [0.1, 0.15) is 51.6 Å². The summed E-state index contributed by atoms with van der Waals surface area (Å²) in [5.41, 5.74) is 1.08. The molecule has 0 aliphatic carbocycles. The van der Waals surface area contributed by atoms with E-state index >= 15 is 0 Å². The van der Waals surface area contributed by atoms with Crippen LogP contribution in [0.2, 0.25) is 0 Å². The van der Waals surface area contributed by atoms with Crippen molar-refractivity contribution in [2.45, 2.75) is 58.4 Å². The fourth-order valence-electron chi connectivity index (χ4n) is 4.12. The van der Waals surface area contributed by atoms with Crippen LogP contribution in [0.25, 0.3) is 0 Å². The molecule has 0 saturated carbocycles. The van der Waals surface area contributed by atoms with Crippen molar-refractivity contribution in [1.82, 2.24) is 20.6 Å². The molecule has 1 aromatic heterocycles. The molecule has 2 fully saturated rings. The van der Waals surface area contributed by atoms with E-state index in [4.69, 9.17) is 0 Å². The lowest BCUT2D eigenvalue weighted by Crippen LogP contribution is -2.45. The maximum atomic E-state index is 12.4. The van der Waals surface area contributed by atoms with E-state index in [1.165, 1.54) is 12.8 Å². The van der Waals surface area contributed by atoms with E-state index < -0.39 is 0 Å². The first kappa shape index (κ1) is 24.9. The number of piperidine rings is 2. The Hall–Kier alpha value is -1.11. The summed E-state index contributed by atoms with van der Waals surface area (Å²) >= 11 is 0. The first-order chi connectivity index (χ1) is 12.7. The largest absolute Gasteiger partial charge is 0.356 e. The van der Waals surface area contributed by atoms with Crippen LogP contribution in [0, 0.1) is 11.8 Å². The lowest BCUT2D eigenvalue weighted by molar-refractivity contribution is -0.123. The number of aryl methyl sites for hydroxylation is 1. The predicted octanol–water partition coefficient (Wildman–Crippen LogP) is 2.99. The second-order valence-corrected chi connectivity index (χ2v) is 7.84. The topological polar surface area (TPSA) is 70.2 Å². The van der Waals surface area contributed by atoms with E-state index in [9.17, 15) is 4.79 Å². The number of halogens is 2. The minimum absolute atomic E-state index is 0. The van der Waals surface area contributed by atoms with Gasteiger partial charge in [0.1, 0.15) is 12.1 Å². The Morgan fingerprint density at radius 1 is 1.29 bits per heavy atom. The second kappa shape index (κ2) is 12.5. The zero-order chi connectivity index (χ0) is 18.4. The van der Waals surface area contributed by atoms with Crippen molar-refractivity contribution in [2.75, 3.05) is 31.1 Å². The quantitative estimate of drug-likeness (QED) is 0.723. The number of hydrogen-bond acceptors (Lipinski definition) is 5. The van der Waals surface area contributed by atoms with Crippen molar-refractivity contribution in [1.29, 1.82) is 0 Å². The van der Waals surface area contributed by atoms with Gasteiger partial charge in [-0.25, -0.2) is 9.97 Å². The van der Waals surface area contributed by atoms with Crippen molar-refractivity contribution in [3.8, 4) is 0 Å². The molecule has 28 heavy (non-hydrogen) atoms. The Labute approximate surface area is 181 Å². The van der Waals surface area contributed by atoms with Crippen molar-refractivity contribution in [3.63, 3.8) is 0 Å². The molecule has 8 heteroatoms. The summed E-state index contributed by atoms with van der Waals surface area (Å²) in [6.07, 6.45) is 7.68. The molecule has 1 aromatic rings. The van der Waals surface area contributed by atoms with Gasteiger partial charge in [-0.1, -0.05) is 13.8 Å². The van der Waals surface area contributed by atoms with E-state index in [-0.39, 0.29) is 30.7 Å². The molecular formula is C20H35Cl2N5O. The summed E-state index contributed by atoms with van der Waals surface area (Å²) in [5, 5.41) is 6.72. The number of anilines is 1. The molecule has 160 valence electrons. The molecule has 2 aliphatic rings. The van der Waals surface area contributed by atoms with Gasteiger partial charge in [0.15, 0.2) is 0 Å². The lowest BCUT2D eigenvalue weighted by Gasteiger charge is -2.34. The highest BCUT2D eigenvalue weighted by molar-refractivity contribution is 5.85. The summed E-state index contributed by atoms with van der Waals surface area (Å²) in [6.45, 7) is 8.39. The minimum atomic E-state index is 0. The Morgan fingerprint density at radius 3 is 2.68 bits per heavy atom. The standard InChI is InChI=1S/C20H33N5O.2ClH/c1-3-17-12-19(23-14-22-17)25-9-6-18(7-10-25)24-20(26)11-15(2)16-5-4-8-21-13-16;;/h12,14-16,18,21H,3-11,13H2,1-2H3,(H,24,26);2*1H. The molecule has 1 amide bonds. The number of rotatable bonds is 6. The first-order valence-corrected chi connectivity index (χ1v) is 10.2. The third-order valence-electron chi connectivity index (χ3n) is 5.90. The van der Waals surface area contributed by atoms with Crippen molar-refractivity contribution in [2.24, 2.45) is 11.8 Å². The zero-order valence-corrected chi connectivity index (χ0v) is 18.7. The first-order valence-electron chi connectivity index (χ1n) is 10.2. The lowest BCUT2D eigenvalue weighted by atomic mass is 9.85. The minimum Gasteiger partial charge on any atom is -0.356 e. The smallest absolute Gasteiger partial charge is 0.220 e. The SMILES string of the molecule is CCc1cc(N2CCC(NC(=O)CC(C)C3CCCNC3)CC2)ncn1.Cl.Cl. The van der Waals surface area contributed by atoms with Gasteiger partial charge in [-0.2, -0.15) is 0 Å². The highest BCUT2D eigenvalue weighted by Crippen LogP contribution is 2.23. The van der Waals surface area contributed by atoms with E-state index in [1.54, 1.807) is 6.33 Å². The number of amides is 1. The Kier molecular flexibility index (Phi) is 11.1. The van der Waals surface area contributed by atoms with Crippen LogP contribution in [-0.4, -0.2) is 48.1 Å². The molecule has 0 spiro atoms. The van der Waals surface area contributed by atoms with Gasteiger partial charge in [-0.15, -0.1) is 24.8 Å². The highest BCUT2D eigenvalue weighted by atomic mass is 35.5. The van der Waals surface area contributed by atoms with Crippen LogP contribution in [-0.2, 0) is 11.2 Å². The second-order valence-electron chi connectivity index (χ2n) is 7.84. The van der Waals surface area contributed by atoms with Gasteiger partial charge >= 0.3 is 0 Å². The maximum absolute atomic E-state index is 12.4. The third kappa shape index (κ3) is 7.05. The zero-order valence-electron chi connectivity index (χ0n) is 17.0. The van der Waals surface area contributed by atoms with E-state index in [0.717, 1.165) is 57.0 Å². The van der Waals surface area contributed by atoms with Gasteiger partial charge in [-0.05, 0) is 57.0 Å². The van der Waals surface area contributed by atoms with Gasteiger partial charge < -0.3 is 15.5 Å². The van der Waals surface area contributed by atoms with E-state index in [2.05, 4.69) is 45.4 Å². The molecule has 3 heterocycles. The number of carbonyl (C=O) groups excluding carboxylic acids is 1. The number of nitrogens with zero attached hydrogens (tertiary/aromatic N) is 3. The average molecular weight is 432 g/mol. The van der Waals surface area contributed by atoms with E-state index in [0.29, 0.717) is 24.3 Å². The molecule has 2 atom stereocenters. The number of nitrogens with one attached hydrogen (secondary N) is 2.